The van der Waals surface area contributed by atoms with Crippen molar-refractivity contribution >= 4 is 5.69 Å². The Hall–Kier alpha value is -1.13. The molecule has 1 rings (SSSR count). The lowest BCUT2D eigenvalue weighted by molar-refractivity contribution is -0.0229. The summed E-state index contributed by atoms with van der Waals surface area (Å²) in [6.45, 7) is 2.73. The number of halogens is 2. The average Bonchev–Trinajstić information content (AvgIpc) is 2.30. The molecule has 0 spiro atoms. The summed E-state index contributed by atoms with van der Waals surface area (Å²) in [5.41, 5.74) is 6.51. The van der Waals surface area contributed by atoms with Crippen molar-refractivity contribution in [2.24, 2.45) is 0 Å². The summed E-state index contributed by atoms with van der Waals surface area (Å²) in [5.74, 6) is -2.70. The molecular formula is C8H13F2N3. The molecule has 0 bridgehead atoms. The molecule has 74 valence electrons. The number of hydrogen-bond donors (Lipinski definition) is 1. The average molecular weight is 189 g/mol. The fourth-order valence-corrected chi connectivity index (χ4v) is 0.963. The molecule has 0 aromatic carbocycles. The summed E-state index contributed by atoms with van der Waals surface area (Å²) in [6.07, 6.45) is 1.24. The zero-order chi connectivity index (χ0) is 10.1. The third-order valence-electron chi connectivity index (χ3n) is 1.89. The van der Waals surface area contributed by atoms with E-state index >= 15 is 0 Å². The second-order valence-electron chi connectivity index (χ2n) is 3.08. The second-order valence-corrected chi connectivity index (χ2v) is 3.08. The zero-order valence-corrected chi connectivity index (χ0v) is 7.72. The van der Waals surface area contributed by atoms with Gasteiger partial charge in [0.05, 0.1) is 11.4 Å². The lowest BCUT2D eigenvalue weighted by atomic mass is 10.2. The lowest BCUT2D eigenvalue weighted by Gasteiger charge is -2.13. The van der Waals surface area contributed by atoms with Crippen molar-refractivity contribution in [1.29, 1.82) is 0 Å². The first kappa shape index (κ1) is 9.95. The summed E-state index contributed by atoms with van der Waals surface area (Å²) < 4.78 is 26.9. The third kappa shape index (κ3) is 2.40. The number of rotatable bonds is 3. The van der Waals surface area contributed by atoms with Crippen LogP contribution in [-0.4, -0.2) is 15.7 Å². The summed E-state index contributed by atoms with van der Waals surface area (Å²) in [7, 11) is 0. The van der Waals surface area contributed by atoms with Gasteiger partial charge in [0.15, 0.2) is 0 Å². The topological polar surface area (TPSA) is 43.8 Å². The highest BCUT2D eigenvalue weighted by atomic mass is 19.3. The van der Waals surface area contributed by atoms with Gasteiger partial charge in [-0.05, 0) is 6.92 Å². The van der Waals surface area contributed by atoms with Crippen molar-refractivity contribution < 1.29 is 8.78 Å². The molecule has 0 saturated carbocycles. The van der Waals surface area contributed by atoms with E-state index in [1.165, 1.54) is 17.8 Å². The van der Waals surface area contributed by atoms with Gasteiger partial charge in [-0.15, -0.1) is 0 Å². The van der Waals surface area contributed by atoms with Crippen LogP contribution in [0.4, 0.5) is 14.5 Å². The van der Waals surface area contributed by atoms with Crippen LogP contribution in [-0.2, 0) is 6.54 Å². The molecule has 13 heavy (non-hydrogen) atoms. The maximum atomic E-state index is 12.9. The Kier molecular flexibility index (Phi) is 2.54. The molecule has 0 saturated heterocycles. The Morgan fingerprint density at radius 1 is 1.62 bits per heavy atom. The highest BCUT2D eigenvalue weighted by molar-refractivity contribution is 5.39. The second kappa shape index (κ2) is 3.32. The van der Waals surface area contributed by atoms with Crippen LogP contribution in [0, 0.1) is 6.92 Å². The molecule has 0 unspecified atom stereocenters. The van der Waals surface area contributed by atoms with Crippen molar-refractivity contribution in [3.05, 3.63) is 11.9 Å². The summed E-state index contributed by atoms with van der Waals surface area (Å²) >= 11 is 0. The monoisotopic (exact) mass is 189 g/mol. The van der Waals surface area contributed by atoms with Gasteiger partial charge < -0.3 is 5.73 Å². The first-order chi connectivity index (χ1) is 5.94. The Bertz CT molecular complexity index is 274. The molecule has 0 radical (unpaired) electrons. The van der Waals surface area contributed by atoms with E-state index in [0.29, 0.717) is 11.4 Å². The molecule has 1 heterocycles. The Labute approximate surface area is 75.5 Å². The largest absolute Gasteiger partial charge is 0.396 e. The number of hydrogen-bond acceptors (Lipinski definition) is 2. The molecule has 0 amide bonds. The maximum absolute atomic E-state index is 12.9. The number of anilines is 1. The van der Waals surface area contributed by atoms with Crippen LogP contribution in [0.5, 0.6) is 0 Å². The van der Waals surface area contributed by atoms with Crippen LogP contribution < -0.4 is 5.73 Å². The predicted molar refractivity (Wildman–Crippen MR) is 46.6 cm³/mol. The molecule has 2 N–H and O–H groups in total. The first-order valence-corrected chi connectivity index (χ1v) is 4.12. The molecular weight excluding hydrogens is 176 g/mol. The van der Waals surface area contributed by atoms with E-state index < -0.39 is 12.5 Å². The van der Waals surface area contributed by atoms with Gasteiger partial charge in [0.2, 0.25) is 0 Å². The Morgan fingerprint density at radius 3 is 2.62 bits per heavy atom. The van der Waals surface area contributed by atoms with E-state index in [2.05, 4.69) is 5.10 Å². The van der Waals surface area contributed by atoms with Crippen molar-refractivity contribution in [3.8, 4) is 0 Å². The molecule has 0 fully saturated rings. The van der Waals surface area contributed by atoms with Gasteiger partial charge in [0.1, 0.15) is 6.54 Å². The van der Waals surface area contributed by atoms with Crippen LogP contribution in [0.3, 0.4) is 0 Å². The van der Waals surface area contributed by atoms with Gasteiger partial charge in [-0.3, -0.25) is 4.68 Å². The highest BCUT2D eigenvalue weighted by Crippen LogP contribution is 2.20. The maximum Gasteiger partial charge on any atom is 0.267 e. The van der Waals surface area contributed by atoms with Gasteiger partial charge in [0, 0.05) is 12.6 Å². The van der Waals surface area contributed by atoms with Crippen LogP contribution >= 0.6 is 0 Å². The minimum atomic E-state index is -2.70. The molecule has 1 aromatic rings. The first-order valence-electron chi connectivity index (χ1n) is 4.12. The van der Waals surface area contributed by atoms with Gasteiger partial charge >= 0.3 is 0 Å². The van der Waals surface area contributed by atoms with Crippen molar-refractivity contribution in [3.63, 3.8) is 0 Å². The number of nitrogens with two attached hydrogens (primary N) is 1. The van der Waals surface area contributed by atoms with E-state index in [0.717, 1.165) is 0 Å². The van der Waals surface area contributed by atoms with Gasteiger partial charge in [-0.25, -0.2) is 8.78 Å². The van der Waals surface area contributed by atoms with E-state index in [4.69, 9.17) is 5.73 Å². The van der Waals surface area contributed by atoms with E-state index in [9.17, 15) is 8.78 Å². The smallest absolute Gasteiger partial charge is 0.267 e. The fourth-order valence-electron chi connectivity index (χ4n) is 0.963. The minimum Gasteiger partial charge on any atom is -0.396 e. The SMILES string of the molecule is CCC(F)(F)Cn1cc(N)c(C)n1. The third-order valence-corrected chi connectivity index (χ3v) is 1.89. The number of nitrogen functional groups attached to an aromatic ring is 1. The normalized spacial score (nSPS) is 12.0. The summed E-state index contributed by atoms with van der Waals surface area (Å²) in [5, 5.41) is 3.86. The van der Waals surface area contributed by atoms with Crippen LogP contribution in [0.15, 0.2) is 6.20 Å². The molecule has 0 aliphatic heterocycles. The minimum absolute atomic E-state index is 0.189. The van der Waals surface area contributed by atoms with Gasteiger partial charge in [-0.1, -0.05) is 6.92 Å². The molecule has 0 aliphatic carbocycles. The quantitative estimate of drug-likeness (QED) is 0.788. The fraction of sp³-hybridized carbons (Fsp3) is 0.625. The van der Waals surface area contributed by atoms with Crippen molar-refractivity contribution in [2.45, 2.75) is 32.7 Å². The molecule has 0 aliphatic rings. The molecule has 3 nitrogen and oxygen atoms in total. The standard InChI is InChI=1S/C8H13F2N3/c1-3-8(9,10)5-13-4-7(11)6(2)12-13/h4H,3,5,11H2,1-2H3. The van der Waals surface area contributed by atoms with E-state index in [1.807, 2.05) is 0 Å². The molecule has 5 heteroatoms. The zero-order valence-electron chi connectivity index (χ0n) is 7.72. The summed E-state index contributed by atoms with van der Waals surface area (Å²) in [6, 6.07) is 0. The Morgan fingerprint density at radius 2 is 2.23 bits per heavy atom. The highest BCUT2D eigenvalue weighted by Gasteiger charge is 2.27. The van der Waals surface area contributed by atoms with Gasteiger partial charge in [-0.2, -0.15) is 5.10 Å². The summed E-state index contributed by atoms with van der Waals surface area (Å²) in [4.78, 5) is 0. The molecule has 1 aromatic heterocycles. The van der Waals surface area contributed by atoms with E-state index in [1.54, 1.807) is 6.92 Å². The number of alkyl halides is 2. The molecule has 0 atom stereocenters. The number of nitrogens with zero attached hydrogens (tertiary/aromatic N) is 2. The van der Waals surface area contributed by atoms with E-state index in [-0.39, 0.29) is 6.42 Å². The lowest BCUT2D eigenvalue weighted by Crippen LogP contribution is -2.22. The number of aryl methyl sites for hydroxylation is 1. The van der Waals surface area contributed by atoms with Crippen LogP contribution in [0.1, 0.15) is 19.0 Å². The van der Waals surface area contributed by atoms with Crippen molar-refractivity contribution in [2.75, 3.05) is 5.73 Å². The predicted octanol–water partition coefficient (Wildman–Crippen LogP) is 1.82. The number of aromatic nitrogens is 2. The van der Waals surface area contributed by atoms with Crippen LogP contribution in [0.25, 0.3) is 0 Å². The Balaban J connectivity index is 2.75. The van der Waals surface area contributed by atoms with Gasteiger partial charge in [0.25, 0.3) is 5.92 Å². The van der Waals surface area contributed by atoms with Crippen LogP contribution in [0.2, 0.25) is 0 Å². The van der Waals surface area contributed by atoms with Crippen molar-refractivity contribution in [1.82, 2.24) is 9.78 Å².